The molecule has 0 aliphatic carbocycles. The van der Waals surface area contributed by atoms with Crippen LogP contribution in [0.25, 0.3) is 0 Å². The number of ether oxygens (including phenoxy) is 1. The molecular weight excluding hydrogens is 314 g/mol. The van der Waals surface area contributed by atoms with E-state index in [2.05, 4.69) is 15.3 Å². The Morgan fingerprint density at radius 3 is 2.59 bits per heavy atom. The van der Waals surface area contributed by atoms with Crippen LogP contribution in [0.15, 0.2) is 29.4 Å². The molecule has 1 aromatic heterocycles. The van der Waals surface area contributed by atoms with Gasteiger partial charge in [0.1, 0.15) is 13.6 Å². The van der Waals surface area contributed by atoms with Crippen molar-refractivity contribution in [2.24, 2.45) is 0 Å². The predicted molar refractivity (Wildman–Crippen MR) is 83.3 cm³/mol. The molecule has 0 bridgehead atoms. The second kappa shape index (κ2) is 6.47. The summed E-state index contributed by atoms with van der Waals surface area (Å²) >= 11 is 1.44. The van der Waals surface area contributed by atoms with Crippen LogP contribution in [-0.2, 0) is 6.18 Å². The van der Waals surface area contributed by atoms with Gasteiger partial charge in [-0.2, -0.15) is 13.2 Å². The Hall–Kier alpha value is -1.90. The lowest BCUT2D eigenvalue weighted by atomic mass is 10.0. The fourth-order valence-corrected chi connectivity index (χ4v) is 2.33. The van der Waals surface area contributed by atoms with Crippen molar-refractivity contribution in [3.63, 3.8) is 0 Å². The Balaban J connectivity index is 2.36. The second-order valence-electron chi connectivity index (χ2n) is 4.46. The van der Waals surface area contributed by atoms with Gasteiger partial charge in [-0.3, -0.25) is 0 Å². The standard InChI is InChI=1S/C13H13BF3N3OS/c1-21-9-4-7(13(15,16)17)3-8(5-9)19-12-18-6-10(14)11(20-12)22-2/h3-6H,14H2,1-2H3,(H,18,19,20). The van der Waals surface area contributed by atoms with E-state index in [0.29, 0.717) is 0 Å². The molecule has 0 spiro atoms. The number of benzene rings is 1. The summed E-state index contributed by atoms with van der Waals surface area (Å²) < 4.78 is 43.5. The third-order valence-electron chi connectivity index (χ3n) is 2.84. The third kappa shape index (κ3) is 3.85. The maximum atomic E-state index is 12.9. The molecule has 0 aliphatic rings. The average molecular weight is 327 g/mol. The quantitative estimate of drug-likeness (QED) is 0.530. The lowest BCUT2D eigenvalue weighted by Crippen LogP contribution is -2.12. The smallest absolute Gasteiger partial charge is 0.416 e. The van der Waals surface area contributed by atoms with Crippen molar-refractivity contribution in [3.8, 4) is 5.75 Å². The van der Waals surface area contributed by atoms with E-state index < -0.39 is 11.7 Å². The third-order valence-corrected chi connectivity index (χ3v) is 3.64. The topological polar surface area (TPSA) is 47.0 Å². The van der Waals surface area contributed by atoms with Gasteiger partial charge in [0.15, 0.2) is 0 Å². The molecule has 116 valence electrons. The molecule has 1 aromatic carbocycles. The van der Waals surface area contributed by atoms with E-state index in [1.165, 1.54) is 24.9 Å². The number of hydrogen-bond donors (Lipinski definition) is 1. The van der Waals surface area contributed by atoms with E-state index in [9.17, 15) is 13.2 Å². The highest BCUT2D eigenvalue weighted by Gasteiger charge is 2.31. The van der Waals surface area contributed by atoms with Crippen molar-refractivity contribution in [1.82, 2.24) is 9.97 Å². The summed E-state index contributed by atoms with van der Waals surface area (Å²) in [6.45, 7) is 0. The second-order valence-corrected chi connectivity index (χ2v) is 5.25. The maximum Gasteiger partial charge on any atom is 0.416 e. The molecule has 2 aromatic rings. The van der Waals surface area contributed by atoms with Crippen LogP contribution in [0.1, 0.15) is 5.56 Å². The number of alkyl halides is 3. The highest BCUT2D eigenvalue weighted by Crippen LogP contribution is 2.34. The van der Waals surface area contributed by atoms with Crippen molar-refractivity contribution >= 4 is 36.7 Å². The van der Waals surface area contributed by atoms with E-state index >= 15 is 0 Å². The lowest BCUT2D eigenvalue weighted by molar-refractivity contribution is -0.137. The minimum Gasteiger partial charge on any atom is -0.497 e. The molecule has 1 N–H and O–H groups in total. The normalized spacial score (nSPS) is 11.3. The largest absolute Gasteiger partial charge is 0.497 e. The van der Waals surface area contributed by atoms with Gasteiger partial charge < -0.3 is 10.1 Å². The van der Waals surface area contributed by atoms with Gasteiger partial charge in [-0.15, -0.1) is 11.8 Å². The van der Waals surface area contributed by atoms with Crippen molar-refractivity contribution in [2.75, 3.05) is 18.7 Å². The van der Waals surface area contributed by atoms with Crippen molar-refractivity contribution in [1.29, 1.82) is 0 Å². The SMILES string of the molecule is Bc1cnc(Nc2cc(OC)cc(C(F)(F)F)c2)nc1SC. The molecule has 0 fully saturated rings. The zero-order chi connectivity index (χ0) is 16.3. The summed E-state index contributed by atoms with van der Waals surface area (Å²) in [7, 11) is 3.18. The maximum absolute atomic E-state index is 12.9. The molecule has 0 atom stereocenters. The number of rotatable bonds is 4. The fraction of sp³-hybridized carbons (Fsp3) is 0.231. The van der Waals surface area contributed by atoms with E-state index in [-0.39, 0.29) is 17.4 Å². The number of hydrogen-bond acceptors (Lipinski definition) is 5. The summed E-state index contributed by atoms with van der Waals surface area (Å²) in [6, 6.07) is 3.39. The van der Waals surface area contributed by atoms with Gasteiger partial charge in [-0.05, 0) is 23.9 Å². The summed E-state index contributed by atoms with van der Waals surface area (Å²) in [5.74, 6) is 0.339. The van der Waals surface area contributed by atoms with Gasteiger partial charge in [0.25, 0.3) is 0 Å². The predicted octanol–water partition coefficient (Wildman–Crippen LogP) is 2.23. The van der Waals surface area contributed by atoms with Gasteiger partial charge in [0.05, 0.1) is 17.7 Å². The number of thioether (sulfide) groups is 1. The van der Waals surface area contributed by atoms with Crippen LogP contribution in [0.2, 0.25) is 0 Å². The molecule has 0 unspecified atom stereocenters. The molecule has 2 rings (SSSR count). The summed E-state index contributed by atoms with van der Waals surface area (Å²) in [5, 5.41) is 3.54. The monoisotopic (exact) mass is 327 g/mol. The molecule has 0 aliphatic heterocycles. The number of anilines is 2. The Morgan fingerprint density at radius 1 is 1.27 bits per heavy atom. The van der Waals surface area contributed by atoms with E-state index in [1.54, 1.807) is 6.20 Å². The van der Waals surface area contributed by atoms with Crippen LogP contribution in [0.5, 0.6) is 5.75 Å². The van der Waals surface area contributed by atoms with E-state index in [1.807, 2.05) is 14.1 Å². The lowest BCUT2D eigenvalue weighted by Gasteiger charge is -2.13. The molecular formula is C13H13BF3N3OS. The Kier molecular flexibility index (Phi) is 4.85. The average Bonchev–Trinajstić information content (AvgIpc) is 2.48. The molecule has 22 heavy (non-hydrogen) atoms. The molecule has 0 radical (unpaired) electrons. The minimum atomic E-state index is -4.45. The first-order valence-corrected chi connectivity index (χ1v) is 7.47. The van der Waals surface area contributed by atoms with Crippen LogP contribution in [0, 0.1) is 0 Å². The zero-order valence-electron chi connectivity index (χ0n) is 12.2. The molecule has 1 heterocycles. The molecule has 0 saturated carbocycles. The highest BCUT2D eigenvalue weighted by molar-refractivity contribution is 7.98. The van der Waals surface area contributed by atoms with E-state index in [4.69, 9.17) is 4.74 Å². The Bertz CT molecular complexity index is 682. The number of nitrogens with zero attached hydrogens (tertiary/aromatic N) is 2. The first-order chi connectivity index (χ1) is 10.3. The van der Waals surface area contributed by atoms with Gasteiger partial charge in [0, 0.05) is 18.0 Å². The fourth-order valence-electron chi connectivity index (χ4n) is 1.78. The van der Waals surface area contributed by atoms with Crippen LogP contribution < -0.4 is 15.5 Å². The van der Waals surface area contributed by atoms with E-state index in [0.717, 1.165) is 22.6 Å². The number of halogens is 3. The molecule has 0 amide bonds. The van der Waals surface area contributed by atoms with Gasteiger partial charge >= 0.3 is 6.18 Å². The summed E-state index contributed by atoms with van der Waals surface area (Å²) in [4.78, 5) is 8.32. The summed E-state index contributed by atoms with van der Waals surface area (Å²) in [6.07, 6.45) is -0.970. The van der Waals surface area contributed by atoms with Gasteiger partial charge in [-0.25, -0.2) is 9.97 Å². The van der Waals surface area contributed by atoms with Gasteiger partial charge in [0.2, 0.25) is 5.95 Å². The molecule has 9 heteroatoms. The highest BCUT2D eigenvalue weighted by atomic mass is 32.2. The van der Waals surface area contributed by atoms with Crippen LogP contribution >= 0.6 is 11.8 Å². The number of nitrogens with one attached hydrogen (secondary N) is 1. The zero-order valence-corrected chi connectivity index (χ0v) is 13.0. The van der Waals surface area contributed by atoms with Crippen LogP contribution in [0.3, 0.4) is 0 Å². The number of methoxy groups -OCH3 is 1. The van der Waals surface area contributed by atoms with Crippen LogP contribution in [0.4, 0.5) is 24.8 Å². The van der Waals surface area contributed by atoms with Crippen molar-refractivity contribution in [2.45, 2.75) is 11.2 Å². The van der Waals surface area contributed by atoms with Crippen molar-refractivity contribution in [3.05, 3.63) is 30.0 Å². The number of aromatic nitrogens is 2. The Morgan fingerprint density at radius 2 is 2.00 bits per heavy atom. The van der Waals surface area contributed by atoms with Gasteiger partial charge in [-0.1, -0.05) is 0 Å². The minimum absolute atomic E-state index is 0.106. The molecule has 4 nitrogen and oxygen atoms in total. The first-order valence-electron chi connectivity index (χ1n) is 6.24. The Labute approximate surface area is 130 Å². The summed E-state index contributed by atoms with van der Waals surface area (Å²) in [5.41, 5.74) is 0.314. The van der Waals surface area contributed by atoms with Crippen molar-refractivity contribution < 1.29 is 17.9 Å². The van der Waals surface area contributed by atoms with Crippen LogP contribution in [-0.4, -0.2) is 31.2 Å². The first kappa shape index (κ1) is 16.5. The molecule has 0 saturated heterocycles.